The van der Waals surface area contributed by atoms with Crippen molar-refractivity contribution in [3.8, 4) is 12.1 Å². The average molecular weight is 470 g/mol. The van der Waals surface area contributed by atoms with Gasteiger partial charge in [-0.25, -0.2) is 4.68 Å². The molecule has 1 aliphatic heterocycles. The van der Waals surface area contributed by atoms with E-state index in [1.54, 1.807) is 18.0 Å². The number of rotatable bonds is 5. The van der Waals surface area contributed by atoms with Gasteiger partial charge in [0.1, 0.15) is 12.1 Å². The van der Waals surface area contributed by atoms with Crippen LogP contribution < -0.4 is 0 Å². The standard InChI is InChI=1S/C26H27N7S/c1-31(2)22-7-9-23(10-8-22)32-17-21(15-29-32)19-11-25(26-20(13-28)14-30-33(26)16-19)34-24-6-4-3-5-18(24)12-27/h3-6,14-17,22-23,25H,7-11H2,1-2H3. The maximum Gasteiger partial charge on any atom is 0.103 e. The number of thioether (sulfide) groups is 1. The Bertz CT molecular complexity index is 1300. The van der Waals surface area contributed by atoms with E-state index in [4.69, 9.17) is 5.10 Å². The Hall–Kier alpha value is -3.33. The van der Waals surface area contributed by atoms with E-state index < -0.39 is 0 Å². The molecule has 0 N–H and O–H groups in total. The summed E-state index contributed by atoms with van der Waals surface area (Å²) in [4.78, 5) is 3.25. The van der Waals surface area contributed by atoms with Gasteiger partial charge < -0.3 is 4.90 Å². The highest BCUT2D eigenvalue weighted by molar-refractivity contribution is 7.99. The lowest BCUT2D eigenvalue weighted by Crippen LogP contribution is -2.32. The molecular weight excluding hydrogens is 442 g/mol. The van der Waals surface area contributed by atoms with E-state index in [2.05, 4.69) is 47.1 Å². The van der Waals surface area contributed by atoms with Crippen LogP contribution in [0.25, 0.3) is 11.8 Å². The predicted octanol–water partition coefficient (Wildman–Crippen LogP) is 5.10. The molecule has 0 bridgehead atoms. The molecule has 0 radical (unpaired) electrons. The molecule has 3 aromatic rings. The van der Waals surface area contributed by atoms with Gasteiger partial charge in [0.05, 0.1) is 40.5 Å². The minimum atomic E-state index is -0.0227. The highest BCUT2D eigenvalue weighted by Gasteiger charge is 2.29. The van der Waals surface area contributed by atoms with E-state index in [1.807, 2.05) is 41.3 Å². The number of nitrogens with zero attached hydrogens (tertiary/aromatic N) is 7. The van der Waals surface area contributed by atoms with Gasteiger partial charge in [0.2, 0.25) is 0 Å². The third-order valence-electron chi connectivity index (χ3n) is 6.96. The monoisotopic (exact) mass is 469 g/mol. The minimum absolute atomic E-state index is 0.0227. The van der Waals surface area contributed by atoms with Gasteiger partial charge in [0.25, 0.3) is 0 Å². The molecule has 1 atom stereocenters. The van der Waals surface area contributed by atoms with Crippen LogP contribution in [-0.2, 0) is 0 Å². The number of fused-ring (bicyclic) bond motifs is 1. The Morgan fingerprint density at radius 1 is 1.00 bits per heavy atom. The van der Waals surface area contributed by atoms with E-state index in [1.165, 1.54) is 12.8 Å². The van der Waals surface area contributed by atoms with Crippen molar-refractivity contribution in [3.63, 3.8) is 0 Å². The van der Waals surface area contributed by atoms with Crippen LogP contribution in [0.5, 0.6) is 0 Å². The number of hydrogen-bond acceptors (Lipinski definition) is 6. The van der Waals surface area contributed by atoms with Gasteiger partial charge in [0, 0.05) is 28.9 Å². The largest absolute Gasteiger partial charge is 0.306 e. The number of benzene rings is 1. The molecule has 8 heteroatoms. The maximum absolute atomic E-state index is 9.65. The Labute approximate surface area is 204 Å². The quantitative estimate of drug-likeness (QED) is 0.516. The molecule has 3 heterocycles. The Balaban J connectivity index is 1.41. The van der Waals surface area contributed by atoms with Gasteiger partial charge >= 0.3 is 0 Å². The summed E-state index contributed by atoms with van der Waals surface area (Å²) >= 11 is 1.62. The highest BCUT2D eigenvalue weighted by atomic mass is 32.2. The van der Waals surface area contributed by atoms with Crippen molar-refractivity contribution in [2.24, 2.45) is 0 Å². The topological polar surface area (TPSA) is 86.5 Å². The second-order valence-corrected chi connectivity index (χ2v) is 10.5. The van der Waals surface area contributed by atoms with Crippen molar-refractivity contribution in [1.29, 1.82) is 10.5 Å². The molecule has 5 rings (SSSR count). The van der Waals surface area contributed by atoms with E-state index >= 15 is 0 Å². The molecular formula is C26H27N7S. The summed E-state index contributed by atoms with van der Waals surface area (Å²) < 4.78 is 3.96. The van der Waals surface area contributed by atoms with Gasteiger partial charge in [-0.3, -0.25) is 4.68 Å². The van der Waals surface area contributed by atoms with Crippen molar-refractivity contribution >= 4 is 23.5 Å². The average Bonchev–Trinajstić information content (AvgIpc) is 3.52. The number of nitriles is 2. The van der Waals surface area contributed by atoms with Crippen LogP contribution in [0.2, 0.25) is 0 Å². The zero-order valence-electron chi connectivity index (χ0n) is 19.4. The summed E-state index contributed by atoms with van der Waals surface area (Å²) in [5.41, 5.74) is 4.34. The van der Waals surface area contributed by atoms with Crippen molar-refractivity contribution in [2.75, 3.05) is 14.1 Å². The first-order valence-electron chi connectivity index (χ1n) is 11.6. The summed E-state index contributed by atoms with van der Waals surface area (Å²) in [7, 11) is 4.33. The molecule has 1 fully saturated rings. The van der Waals surface area contributed by atoms with Crippen LogP contribution >= 0.6 is 11.8 Å². The molecule has 1 saturated carbocycles. The molecule has 172 valence electrons. The third-order valence-corrected chi connectivity index (χ3v) is 8.25. The van der Waals surface area contributed by atoms with E-state index in [0.717, 1.165) is 41.0 Å². The van der Waals surface area contributed by atoms with Crippen molar-refractivity contribution in [1.82, 2.24) is 24.5 Å². The first-order chi connectivity index (χ1) is 16.6. The van der Waals surface area contributed by atoms with Crippen molar-refractivity contribution in [3.05, 3.63) is 65.2 Å². The second-order valence-electron chi connectivity index (χ2n) is 9.21. The summed E-state index contributed by atoms with van der Waals surface area (Å²) in [5, 5.41) is 28.4. The van der Waals surface area contributed by atoms with E-state index in [9.17, 15) is 10.5 Å². The SMILES string of the molecule is CN(C)C1CCC(n2cc(C3=Cn4ncc(C#N)c4C(Sc4ccccc4C#N)C3)cn2)CC1. The van der Waals surface area contributed by atoms with Crippen LogP contribution in [0.15, 0.2) is 47.8 Å². The van der Waals surface area contributed by atoms with Crippen molar-refractivity contribution < 1.29 is 0 Å². The fourth-order valence-electron chi connectivity index (χ4n) is 5.03. The zero-order chi connectivity index (χ0) is 23.7. The Kier molecular flexibility index (Phi) is 6.28. The molecule has 2 aliphatic rings. The molecule has 2 aromatic heterocycles. The van der Waals surface area contributed by atoms with Crippen LogP contribution in [0.1, 0.15) is 65.8 Å². The molecule has 1 aliphatic carbocycles. The molecule has 1 unspecified atom stereocenters. The summed E-state index contributed by atoms with van der Waals surface area (Å²) in [5.74, 6) is 0. The number of aromatic nitrogens is 4. The Morgan fingerprint density at radius 2 is 1.76 bits per heavy atom. The number of hydrogen-bond donors (Lipinski definition) is 0. The summed E-state index contributed by atoms with van der Waals surface area (Å²) in [6, 6.07) is 13.3. The van der Waals surface area contributed by atoms with Gasteiger partial charge in [-0.1, -0.05) is 12.1 Å². The van der Waals surface area contributed by atoms with E-state index in [0.29, 0.717) is 23.2 Å². The first-order valence-corrected chi connectivity index (χ1v) is 12.5. The molecule has 0 amide bonds. The first kappa shape index (κ1) is 22.5. The highest BCUT2D eigenvalue weighted by Crippen LogP contribution is 2.46. The fraction of sp³-hybridized carbons (Fsp3) is 0.385. The molecule has 34 heavy (non-hydrogen) atoms. The summed E-state index contributed by atoms with van der Waals surface area (Å²) in [6.45, 7) is 0. The van der Waals surface area contributed by atoms with Crippen molar-refractivity contribution in [2.45, 2.75) is 54.3 Å². The van der Waals surface area contributed by atoms with Gasteiger partial charge in [-0.15, -0.1) is 11.8 Å². The molecule has 0 spiro atoms. The van der Waals surface area contributed by atoms with Gasteiger partial charge in [-0.2, -0.15) is 20.7 Å². The predicted molar refractivity (Wildman–Crippen MR) is 133 cm³/mol. The maximum atomic E-state index is 9.65. The lowest BCUT2D eigenvalue weighted by Gasteiger charge is -2.32. The second kappa shape index (κ2) is 9.50. The lowest BCUT2D eigenvalue weighted by molar-refractivity contribution is 0.189. The zero-order valence-corrected chi connectivity index (χ0v) is 20.2. The van der Waals surface area contributed by atoms with Crippen LogP contribution in [-0.4, -0.2) is 44.6 Å². The smallest absolute Gasteiger partial charge is 0.103 e. The van der Waals surface area contributed by atoms with E-state index in [-0.39, 0.29) is 5.25 Å². The molecule has 1 aromatic carbocycles. The fourth-order valence-corrected chi connectivity index (χ4v) is 6.34. The summed E-state index contributed by atoms with van der Waals surface area (Å²) in [6.07, 6.45) is 13.2. The van der Waals surface area contributed by atoms with Gasteiger partial charge in [-0.05, 0) is 63.9 Å². The van der Waals surface area contributed by atoms with Gasteiger partial charge in [0.15, 0.2) is 0 Å². The number of allylic oxidation sites excluding steroid dienone is 1. The normalized spacial score (nSPS) is 22.0. The van der Waals surface area contributed by atoms with Crippen LogP contribution in [0.4, 0.5) is 0 Å². The third kappa shape index (κ3) is 4.27. The minimum Gasteiger partial charge on any atom is -0.306 e. The molecule has 0 saturated heterocycles. The van der Waals surface area contributed by atoms with Crippen LogP contribution in [0, 0.1) is 22.7 Å². The molecule has 7 nitrogen and oxygen atoms in total. The van der Waals surface area contributed by atoms with Crippen LogP contribution in [0.3, 0.4) is 0 Å². The lowest BCUT2D eigenvalue weighted by atomic mass is 9.90. The Morgan fingerprint density at radius 3 is 2.50 bits per heavy atom.